The average Bonchev–Trinajstić information content (AvgIpc) is 2.89. The van der Waals surface area contributed by atoms with E-state index >= 15 is 0 Å². The van der Waals surface area contributed by atoms with E-state index in [1.54, 1.807) is 6.92 Å². The zero-order valence-electron chi connectivity index (χ0n) is 9.26. The van der Waals surface area contributed by atoms with Crippen LogP contribution in [0.5, 0.6) is 0 Å². The van der Waals surface area contributed by atoms with Crippen LogP contribution >= 0.6 is 0 Å². The quantitative estimate of drug-likeness (QED) is 0.724. The van der Waals surface area contributed by atoms with Gasteiger partial charge in [0.15, 0.2) is 0 Å². The molecule has 5 nitrogen and oxygen atoms in total. The first-order valence-electron chi connectivity index (χ1n) is 5.63. The molecule has 92 valence electrons. The largest absolute Gasteiger partial charge is 0.466 e. The van der Waals surface area contributed by atoms with Crippen molar-refractivity contribution >= 4 is 16.0 Å². The molecule has 0 radical (unpaired) electrons. The van der Waals surface area contributed by atoms with Crippen molar-refractivity contribution in [3.05, 3.63) is 0 Å². The Morgan fingerprint density at radius 1 is 1.38 bits per heavy atom. The third-order valence-electron chi connectivity index (χ3n) is 3.71. The Morgan fingerprint density at radius 3 is 2.62 bits per heavy atom. The summed E-state index contributed by atoms with van der Waals surface area (Å²) in [5.41, 5.74) is 0. The summed E-state index contributed by atoms with van der Waals surface area (Å²) in [5, 5.41) is 4.66. The van der Waals surface area contributed by atoms with E-state index in [0.29, 0.717) is 25.4 Å². The van der Waals surface area contributed by atoms with Crippen molar-refractivity contribution in [1.29, 1.82) is 0 Å². The molecule has 0 bridgehead atoms. The molecule has 4 unspecified atom stereocenters. The van der Waals surface area contributed by atoms with E-state index in [-0.39, 0.29) is 17.8 Å². The number of esters is 1. The summed E-state index contributed by atoms with van der Waals surface area (Å²) in [7, 11) is -3.45. The molecule has 0 spiro atoms. The fourth-order valence-corrected chi connectivity index (χ4v) is 3.80. The van der Waals surface area contributed by atoms with E-state index in [0.717, 1.165) is 6.42 Å². The molecule has 2 N–H and O–H groups in total. The Kier molecular flexibility index (Phi) is 2.96. The summed E-state index contributed by atoms with van der Waals surface area (Å²) in [6.45, 7) is 2.16. The van der Waals surface area contributed by atoms with Crippen molar-refractivity contribution in [2.75, 3.05) is 6.61 Å². The number of carbonyl (C=O) groups is 1. The second kappa shape index (κ2) is 4.00. The van der Waals surface area contributed by atoms with Crippen molar-refractivity contribution in [2.45, 2.75) is 31.4 Å². The van der Waals surface area contributed by atoms with Gasteiger partial charge in [0.2, 0.25) is 10.0 Å². The Bertz CT molecular complexity index is 392. The number of hydrogen-bond acceptors (Lipinski definition) is 4. The van der Waals surface area contributed by atoms with Crippen molar-refractivity contribution in [3.8, 4) is 0 Å². The van der Waals surface area contributed by atoms with Gasteiger partial charge in [0.1, 0.15) is 0 Å². The molecule has 0 saturated heterocycles. The smallest absolute Gasteiger partial charge is 0.309 e. The van der Waals surface area contributed by atoms with Gasteiger partial charge in [0, 0.05) is 0 Å². The molecule has 16 heavy (non-hydrogen) atoms. The van der Waals surface area contributed by atoms with E-state index < -0.39 is 15.3 Å². The normalized spacial score (nSPS) is 37.6. The Labute approximate surface area is 95.4 Å². The van der Waals surface area contributed by atoms with Gasteiger partial charge in [-0.25, -0.2) is 13.6 Å². The highest BCUT2D eigenvalue weighted by Gasteiger charge is 2.58. The van der Waals surface area contributed by atoms with Gasteiger partial charge in [0.25, 0.3) is 0 Å². The van der Waals surface area contributed by atoms with Crippen molar-refractivity contribution in [3.63, 3.8) is 0 Å². The van der Waals surface area contributed by atoms with Gasteiger partial charge >= 0.3 is 5.97 Å². The predicted molar refractivity (Wildman–Crippen MR) is 57.8 cm³/mol. The van der Waals surface area contributed by atoms with Gasteiger partial charge in [-0.05, 0) is 38.0 Å². The highest BCUT2D eigenvalue weighted by Crippen LogP contribution is 2.56. The molecule has 2 fully saturated rings. The number of carbonyl (C=O) groups excluding carboxylic acids is 1. The van der Waals surface area contributed by atoms with Crippen LogP contribution in [0.4, 0.5) is 0 Å². The summed E-state index contributed by atoms with van der Waals surface area (Å²) in [5.74, 6) is 0.257. The average molecular weight is 247 g/mol. The van der Waals surface area contributed by atoms with Crippen LogP contribution < -0.4 is 5.14 Å². The molecule has 0 aromatic heterocycles. The molecule has 2 saturated carbocycles. The molecule has 0 amide bonds. The number of sulfonamides is 1. The van der Waals surface area contributed by atoms with Gasteiger partial charge in [-0.3, -0.25) is 4.79 Å². The third-order valence-corrected chi connectivity index (χ3v) is 5.07. The molecule has 0 aromatic carbocycles. The molecule has 2 aliphatic rings. The summed E-state index contributed by atoms with van der Waals surface area (Å²) in [6.07, 6.45) is 1.87. The predicted octanol–water partition coefficient (Wildman–Crippen LogP) is 0.253. The maximum atomic E-state index is 11.5. The lowest BCUT2D eigenvalue weighted by Gasteiger charge is -2.18. The van der Waals surface area contributed by atoms with Crippen LogP contribution in [-0.2, 0) is 19.6 Å². The first-order valence-corrected chi connectivity index (χ1v) is 7.24. The second-order valence-electron chi connectivity index (χ2n) is 4.63. The Morgan fingerprint density at radius 2 is 2.06 bits per heavy atom. The van der Waals surface area contributed by atoms with Crippen LogP contribution in [0, 0.1) is 17.8 Å². The zero-order valence-corrected chi connectivity index (χ0v) is 10.1. The van der Waals surface area contributed by atoms with Gasteiger partial charge < -0.3 is 4.74 Å². The molecule has 2 aliphatic carbocycles. The maximum Gasteiger partial charge on any atom is 0.309 e. The van der Waals surface area contributed by atoms with Crippen molar-refractivity contribution in [1.82, 2.24) is 0 Å². The Hall–Kier alpha value is -0.620. The van der Waals surface area contributed by atoms with Crippen molar-refractivity contribution < 1.29 is 17.9 Å². The standard InChI is InChI=1S/C10H17NO4S/c1-2-15-10(12)9-7-4-3-6(5-8(7)9)16(11,13)14/h6-9H,2-5H2,1H3,(H2,11,13,14). The molecule has 0 aromatic rings. The number of hydrogen-bond donors (Lipinski definition) is 1. The van der Waals surface area contributed by atoms with Gasteiger partial charge in [-0.15, -0.1) is 0 Å². The van der Waals surface area contributed by atoms with Crippen LogP contribution in [0.25, 0.3) is 0 Å². The minimum Gasteiger partial charge on any atom is -0.466 e. The lowest BCUT2D eigenvalue weighted by molar-refractivity contribution is -0.145. The fraction of sp³-hybridized carbons (Fsp3) is 0.900. The molecule has 0 aliphatic heterocycles. The van der Waals surface area contributed by atoms with Gasteiger partial charge in [0.05, 0.1) is 17.8 Å². The lowest BCUT2D eigenvalue weighted by atomic mass is 10.0. The molecule has 6 heteroatoms. The summed E-state index contributed by atoms with van der Waals surface area (Å²) in [6, 6.07) is 0. The topological polar surface area (TPSA) is 86.5 Å². The number of primary sulfonamides is 1. The molecule has 0 heterocycles. The molecule has 4 atom stereocenters. The van der Waals surface area contributed by atoms with Gasteiger partial charge in [-0.2, -0.15) is 0 Å². The maximum absolute atomic E-state index is 11.5. The van der Waals surface area contributed by atoms with E-state index in [9.17, 15) is 13.2 Å². The highest BCUT2D eigenvalue weighted by atomic mass is 32.2. The Balaban J connectivity index is 1.96. The van der Waals surface area contributed by atoms with E-state index in [4.69, 9.17) is 9.88 Å². The first-order chi connectivity index (χ1) is 7.45. The lowest BCUT2D eigenvalue weighted by Crippen LogP contribution is -2.31. The first kappa shape index (κ1) is 11.9. The van der Waals surface area contributed by atoms with Crippen LogP contribution in [0.1, 0.15) is 26.2 Å². The molecular formula is C10H17NO4S. The summed E-state index contributed by atoms with van der Waals surface area (Å²) < 4.78 is 27.4. The molecule has 2 rings (SSSR count). The van der Waals surface area contributed by atoms with E-state index in [2.05, 4.69) is 0 Å². The SMILES string of the molecule is CCOC(=O)C1C2CCC(S(N)(=O)=O)CC21. The number of ether oxygens (including phenoxy) is 1. The van der Waals surface area contributed by atoms with Crippen LogP contribution in [-0.4, -0.2) is 26.2 Å². The minimum absolute atomic E-state index is 0.0771. The van der Waals surface area contributed by atoms with Crippen LogP contribution in [0.3, 0.4) is 0 Å². The summed E-state index contributed by atoms with van der Waals surface area (Å²) >= 11 is 0. The highest BCUT2D eigenvalue weighted by molar-refractivity contribution is 7.89. The van der Waals surface area contributed by atoms with Crippen LogP contribution in [0.2, 0.25) is 0 Å². The monoisotopic (exact) mass is 247 g/mol. The van der Waals surface area contributed by atoms with E-state index in [1.165, 1.54) is 0 Å². The van der Waals surface area contributed by atoms with Gasteiger partial charge in [-0.1, -0.05) is 0 Å². The number of nitrogens with two attached hydrogens (primary N) is 1. The fourth-order valence-electron chi connectivity index (χ4n) is 2.85. The van der Waals surface area contributed by atoms with E-state index in [1.807, 2.05) is 0 Å². The number of rotatable bonds is 3. The van der Waals surface area contributed by atoms with Crippen molar-refractivity contribution in [2.24, 2.45) is 22.9 Å². The minimum atomic E-state index is -3.45. The number of fused-ring (bicyclic) bond motifs is 1. The second-order valence-corrected chi connectivity index (χ2v) is 6.47. The summed E-state index contributed by atoms with van der Waals surface area (Å²) in [4.78, 5) is 11.5. The molecular weight excluding hydrogens is 230 g/mol. The zero-order chi connectivity index (χ0) is 11.9. The third kappa shape index (κ3) is 2.08. The van der Waals surface area contributed by atoms with Crippen LogP contribution in [0.15, 0.2) is 0 Å².